The highest BCUT2D eigenvalue weighted by atomic mass is 35.5. The Balaban J connectivity index is 1.88. The summed E-state index contributed by atoms with van der Waals surface area (Å²) in [6.07, 6.45) is 0. The molecule has 0 unspecified atom stereocenters. The van der Waals surface area contributed by atoms with Gasteiger partial charge in [-0.15, -0.1) is 0 Å². The minimum Gasteiger partial charge on any atom is -0.384 e. The molecule has 1 aromatic carbocycles. The van der Waals surface area contributed by atoms with Crippen LogP contribution in [0.1, 0.15) is 0 Å². The lowest BCUT2D eigenvalue weighted by atomic mass is 10.1. The van der Waals surface area contributed by atoms with Crippen LogP contribution >= 0.6 is 23.4 Å². The standard InChI is InChI=1S/C14H17ClN2O3S2/c1-20-6-7-21-14-16-12-8-22(18,19)9-13(12)17(14)11-4-2-10(15)3-5-11/h2-5,12-13H,6-9H2,1H3/t12-,13-/m1/s1. The Morgan fingerprint density at radius 2 is 2.09 bits per heavy atom. The summed E-state index contributed by atoms with van der Waals surface area (Å²) in [5.74, 6) is 1.07. The number of sulfone groups is 1. The average molecular weight is 361 g/mol. The Labute approximate surface area is 139 Å². The predicted octanol–water partition coefficient (Wildman–Crippen LogP) is 2.06. The minimum atomic E-state index is -3.01. The molecule has 0 spiro atoms. The molecular weight excluding hydrogens is 344 g/mol. The zero-order valence-corrected chi connectivity index (χ0v) is 14.5. The highest BCUT2D eigenvalue weighted by Crippen LogP contribution is 2.35. The molecule has 2 heterocycles. The van der Waals surface area contributed by atoms with Gasteiger partial charge in [-0.05, 0) is 24.3 Å². The molecule has 0 radical (unpaired) electrons. The van der Waals surface area contributed by atoms with Crippen molar-refractivity contribution < 1.29 is 13.2 Å². The highest BCUT2D eigenvalue weighted by Gasteiger charge is 2.47. The van der Waals surface area contributed by atoms with E-state index in [-0.39, 0.29) is 23.6 Å². The Kier molecular flexibility index (Phi) is 4.68. The first-order valence-corrected chi connectivity index (χ1v) is 10.1. The molecular formula is C14H17ClN2O3S2. The van der Waals surface area contributed by atoms with Crippen molar-refractivity contribution in [3.05, 3.63) is 29.3 Å². The number of anilines is 1. The molecule has 2 atom stereocenters. The van der Waals surface area contributed by atoms with Gasteiger partial charge in [0.2, 0.25) is 0 Å². The maximum atomic E-state index is 11.9. The number of nitrogens with zero attached hydrogens (tertiary/aromatic N) is 2. The van der Waals surface area contributed by atoms with Gasteiger partial charge in [-0.2, -0.15) is 0 Å². The van der Waals surface area contributed by atoms with E-state index >= 15 is 0 Å². The third kappa shape index (κ3) is 3.27. The minimum absolute atomic E-state index is 0.115. The summed E-state index contributed by atoms with van der Waals surface area (Å²) in [6, 6.07) is 7.14. The Bertz CT molecular complexity index is 676. The molecule has 0 amide bonds. The molecule has 2 aliphatic heterocycles. The van der Waals surface area contributed by atoms with Gasteiger partial charge in [0.15, 0.2) is 15.0 Å². The maximum absolute atomic E-state index is 11.9. The fourth-order valence-corrected chi connectivity index (χ4v) is 5.75. The fourth-order valence-electron chi connectivity index (χ4n) is 2.75. The van der Waals surface area contributed by atoms with Gasteiger partial charge in [-0.1, -0.05) is 23.4 Å². The highest BCUT2D eigenvalue weighted by molar-refractivity contribution is 8.14. The smallest absolute Gasteiger partial charge is 0.164 e. The summed E-state index contributed by atoms with van der Waals surface area (Å²) in [7, 11) is -1.35. The summed E-state index contributed by atoms with van der Waals surface area (Å²) in [4.78, 5) is 6.67. The number of benzene rings is 1. The Morgan fingerprint density at radius 3 is 2.77 bits per heavy atom. The third-order valence-corrected chi connectivity index (χ3v) is 6.61. The molecule has 2 aliphatic rings. The van der Waals surface area contributed by atoms with Crippen LogP contribution in [0.15, 0.2) is 29.3 Å². The maximum Gasteiger partial charge on any atom is 0.164 e. The number of halogens is 1. The van der Waals surface area contributed by atoms with Crippen LogP contribution in [-0.4, -0.2) is 56.6 Å². The summed E-state index contributed by atoms with van der Waals surface area (Å²) < 4.78 is 28.9. The Morgan fingerprint density at radius 1 is 1.36 bits per heavy atom. The zero-order chi connectivity index (χ0) is 15.7. The average Bonchev–Trinajstić information content (AvgIpc) is 2.92. The second-order valence-electron chi connectivity index (χ2n) is 5.31. The number of rotatable bonds is 4. The zero-order valence-electron chi connectivity index (χ0n) is 12.1. The molecule has 1 saturated heterocycles. The number of fused-ring (bicyclic) bond motifs is 1. The van der Waals surface area contributed by atoms with Crippen LogP contribution in [0.5, 0.6) is 0 Å². The molecule has 0 N–H and O–H groups in total. The monoisotopic (exact) mass is 360 g/mol. The van der Waals surface area contributed by atoms with Crippen LogP contribution in [0.4, 0.5) is 5.69 Å². The molecule has 1 aromatic rings. The summed E-state index contributed by atoms with van der Waals surface area (Å²) in [5, 5.41) is 1.52. The quantitative estimate of drug-likeness (QED) is 0.769. The molecule has 0 saturated carbocycles. The first-order chi connectivity index (χ1) is 10.5. The van der Waals surface area contributed by atoms with Crippen molar-refractivity contribution in [2.45, 2.75) is 12.1 Å². The largest absolute Gasteiger partial charge is 0.384 e. The van der Waals surface area contributed by atoms with E-state index in [1.165, 1.54) is 0 Å². The van der Waals surface area contributed by atoms with Crippen molar-refractivity contribution in [2.24, 2.45) is 4.99 Å². The van der Waals surface area contributed by atoms with Gasteiger partial charge in [-0.25, -0.2) is 8.42 Å². The summed E-state index contributed by atoms with van der Waals surface area (Å²) >= 11 is 7.54. The first-order valence-electron chi connectivity index (χ1n) is 6.95. The number of methoxy groups -OCH3 is 1. The van der Waals surface area contributed by atoms with E-state index in [2.05, 4.69) is 4.99 Å². The number of amidine groups is 1. The molecule has 3 rings (SSSR count). The SMILES string of the molecule is COCCSC1=N[C@@H]2CS(=O)(=O)C[C@H]2N1c1ccc(Cl)cc1. The lowest BCUT2D eigenvalue weighted by molar-refractivity contribution is 0.219. The van der Waals surface area contributed by atoms with Gasteiger partial charge in [0.1, 0.15) is 0 Å². The number of thioether (sulfide) groups is 1. The van der Waals surface area contributed by atoms with Crippen molar-refractivity contribution in [2.75, 3.05) is 35.9 Å². The van der Waals surface area contributed by atoms with Crippen molar-refractivity contribution in [1.82, 2.24) is 0 Å². The number of aliphatic imine (C=N–C) groups is 1. The van der Waals surface area contributed by atoms with Crippen LogP contribution in [0.3, 0.4) is 0 Å². The van der Waals surface area contributed by atoms with E-state index in [1.54, 1.807) is 18.9 Å². The predicted molar refractivity (Wildman–Crippen MR) is 91.9 cm³/mol. The molecule has 8 heteroatoms. The summed E-state index contributed by atoms with van der Waals surface area (Å²) in [5.41, 5.74) is 0.928. The molecule has 1 fully saturated rings. The fraction of sp³-hybridized carbons (Fsp3) is 0.500. The van der Waals surface area contributed by atoms with Crippen molar-refractivity contribution >= 4 is 44.1 Å². The number of hydrogen-bond acceptors (Lipinski definition) is 6. The topological polar surface area (TPSA) is 59.0 Å². The normalized spacial score (nSPS) is 26.1. The molecule has 0 bridgehead atoms. The van der Waals surface area contributed by atoms with E-state index in [1.807, 2.05) is 29.2 Å². The van der Waals surface area contributed by atoms with Gasteiger partial charge in [-0.3, -0.25) is 4.99 Å². The van der Waals surface area contributed by atoms with E-state index in [0.717, 1.165) is 16.6 Å². The van der Waals surface area contributed by atoms with E-state index in [0.29, 0.717) is 11.6 Å². The van der Waals surface area contributed by atoms with Gasteiger partial charge in [0.25, 0.3) is 0 Å². The van der Waals surface area contributed by atoms with Gasteiger partial charge < -0.3 is 9.64 Å². The number of ether oxygens (including phenoxy) is 1. The van der Waals surface area contributed by atoms with E-state index in [4.69, 9.17) is 16.3 Å². The summed E-state index contributed by atoms with van der Waals surface area (Å²) in [6.45, 7) is 0.631. The van der Waals surface area contributed by atoms with Crippen molar-refractivity contribution in [1.29, 1.82) is 0 Å². The van der Waals surface area contributed by atoms with Crippen LogP contribution < -0.4 is 4.90 Å². The van der Waals surface area contributed by atoms with Gasteiger partial charge >= 0.3 is 0 Å². The van der Waals surface area contributed by atoms with Gasteiger partial charge in [0, 0.05) is 23.6 Å². The van der Waals surface area contributed by atoms with Crippen molar-refractivity contribution in [3.8, 4) is 0 Å². The van der Waals surface area contributed by atoms with Crippen LogP contribution in [0, 0.1) is 0 Å². The second-order valence-corrected chi connectivity index (χ2v) is 8.96. The lowest BCUT2D eigenvalue weighted by Crippen LogP contribution is -2.39. The van der Waals surface area contributed by atoms with Crippen LogP contribution in [0.2, 0.25) is 5.02 Å². The molecule has 0 aliphatic carbocycles. The van der Waals surface area contributed by atoms with Crippen LogP contribution in [0.25, 0.3) is 0 Å². The molecule has 22 heavy (non-hydrogen) atoms. The van der Waals surface area contributed by atoms with Gasteiger partial charge in [0.05, 0.1) is 30.2 Å². The Hall–Kier alpha value is -0.760. The van der Waals surface area contributed by atoms with Crippen molar-refractivity contribution in [3.63, 3.8) is 0 Å². The molecule has 120 valence electrons. The molecule has 5 nitrogen and oxygen atoms in total. The number of hydrogen-bond donors (Lipinski definition) is 0. The third-order valence-electron chi connectivity index (χ3n) is 3.73. The second kappa shape index (κ2) is 6.39. The van der Waals surface area contributed by atoms with E-state index < -0.39 is 9.84 Å². The van der Waals surface area contributed by atoms with E-state index in [9.17, 15) is 8.42 Å². The molecule has 0 aromatic heterocycles. The van der Waals surface area contributed by atoms with Crippen LogP contribution in [-0.2, 0) is 14.6 Å². The first kappa shape index (κ1) is 16.1. The lowest BCUT2D eigenvalue weighted by Gasteiger charge is -2.26.